The molecule has 0 radical (unpaired) electrons. The third-order valence-electron chi connectivity index (χ3n) is 3.47. The fraction of sp³-hybridized carbons (Fsp3) is 0. The number of thiazole rings is 1. The van der Waals surface area contributed by atoms with Gasteiger partial charge in [0.1, 0.15) is 0 Å². The normalized spacial score (nSPS) is 12.1. The Morgan fingerprint density at radius 2 is 1.74 bits per heavy atom. The quantitative estimate of drug-likeness (QED) is 0.564. The zero-order valence-corrected chi connectivity index (χ0v) is 13.4. The predicted octanol–water partition coefficient (Wildman–Crippen LogP) is 3.02. The van der Waals surface area contributed by atoms with Gasteiger partial charge in [-0.05, 0) is 17.7 Å². The Kier molecular flexibility index (Phi) is 3.44. The fourth-order valence-electron chi connectivity index (χ4n) is 2.37. The number of rotatable bonds is 2. The summed E-state index contributed by atoms with van der Waals surface area (Å²) >= 11 is 7.47. The summed E-state index contributed by atoms with van der Waals surface area (Å²) in [6.45, 7) is 0. The number of nitrogens with zero attached hydrogens (tertiary/aromatic N) is 3. The third kappa shape index (κ3) is 2.44. The van der Waals surface area contributed by atoms with E-state index in [1.807, 2.05) is 48.5 Å². The van der Waals surface area contributed by atoms with Crippen molar-refractivity contribution < 1.29 is 0 Å². The van der Waals surface area contributed by atoms with Gasteiger partial charge in [0.15, 0.2) is 5.82 Å². The van der Waals surface area contributed by atoms with Crippen molar-refractivity contribution in [2.24, 2.45) is 0 Å². The van der Waals surface area contributed by atoms with Crippen LogP contribution in [0.2, 0.25) is 5.02 Å². The van der Waals surface area contributed by atoms with Crippen molar-refractivity contribution in [2.75, 3.05) is 0 Å². The maximum Gasteiger partial charge on any atom is 0.276 e. The van der Waals surface area contributed by atoms with Crippen molar-refractivity contribution in [3.63, 3.8) is 0 Å². The van der Waals surface area contributed by atoms with Crippen LogP contribution >= 0.6 is 22.9 Å². The molecule has 4 nitrogen and oxygen atoms in total. The molecule has 4 aromatic rings. The van der Waals surface area contributed by atoms with Crippen LogP contribution in [0, 0.1) is 0 Å². The molecule has 23 heavy (non-hydrogen) atoms. The van der Waals surface area contributed by atoms with Crippen LogP contribution in [0.25, 0.3) is 22.4 Å². The van der Waals surface area contributed by atoms with Gasteiger partial charge in [0.2, 0.25) is 4.96 Å². The fourth-order valence-corrected chi connectivity index (χ4v) is 3.46. The first-order valence-electron chi connectivity index (χ1n) is 6.93. The van der Waals surface area contributed by atoms with Crippen LogP contribution in [0.4, 0.5) is 0 Å². The van der Waals surface area contributed by atoms with Gasteiger partial charge in [0.05, 0.1) is 4.53 Å². The lowest BCUT2D eigenvalue weighted by atomic mass is 10.2. The molecule has 0 spiro atoms. The van der Waals surface area contributed by atoms with E-state index in [-0.39, 0.29) is 5.56 Å². The average Bonchev–Trinajstić information content (AvgIpc) is 3.12. The van der Waals surface area contributed by atoms with Gasteiger partial charge in [0.25, 0.3) is 5.56 Å². The topological polar surface area (TPSA) is 47.3 Å². The van der Waals surface area contributed by atoms with Crippen LogP contribution < -0.4 is 10.1 Å². The molecule has 0 aliphatic rings. The monoisotopic (exact) mass is 339 g/mol. The molecule has 2 aromatic carbocycles. The Labute approximate surface area is 140 Å². The van der Waals surface area contributed by atoms with Crippen molar-refractivity contribution in [1.29, 1.82) is 0 Å². The van der Waals surface area contributed by atoms with E-state index in [0.717, 1.165) is 11.1 Å². The van der Waals surface area contributed by atoms with Gasteiger partial charge in [-0.25, -0.2) is 4.40 Å². The lowest BCUT2D eigenvalue weighted by Gasteiger charge is -1.95. The van der Waals surface area contributed by atoms with Crippen LogP contribution in [-0.4, -0.2) is 14.6 Å². The van der Waals surface area contributed by atoms with Crippen molar-refractivity contribution in [2.45, 2.75) is 0 Å². The van der Waals surface area contributed by atoms with E-state index in [9.17, 15) is 4.79 Å². The Morgan fingerprint density at radius 1 is 1.00 bits per heavy atom. The maximum absolute atomic E-state index is 12.7. The molecule has 0 amide bonds. The van der Waals surface area contributed by atoms with E-state index in [1.54, 1.807) is 16.5 Å². The molecule has 0 unspecified atom stereocenters. The molecule has 112 valence electrons. The standard InChI is InChI=1S/C17H10ClN3OS/c18-13-9-5-4-8-12(13)10-14-16(22)21-15(19-20-17(21)23-14)11-6-2-1-3-7-11/h1-10H/b14-10-. The molecule has 6 heteroatoms. The largest absolute Gasteiger partial charge is 0.276 e. The molecule has 0 aliphatic heterocycles. The Hall–Kier alpha value is -2.50. The number of fused-ring (bicyclic) bond motifs is 1. The smallest absolute Gasteiger partial charge is 0.267 e. The summed E-state index contributed by atoms with van der Waals surface area (Å²) in [6, 6.07) is 17.0. The van der Waals surface area contributed by atoms with E-state index < -0.39 is 0 Å². The Bertz CT molecular complexity index is 1100. The first-order valence-corrected chi connectivity index (χ1v) is 8.13. The van der Waals surface area contributed by atoms with E-state index in [1.165, 1.54) is 11.3 Å². The van der Waals surface area contributed by atoms with E-state index in [0.29, 0.717) is 20.3 Å². The molecular weight excluding hydrogens is 330 g/mol. The van der Waals surface area contributed by atoms with Gasteiger partial charge in [-0.1, -0.05) is 71.5 Å². The van der Waals surface area contributed by atoms with Crippen LogP contribution in [0.5, 0.6) is 0 Å². The highest BCUT2D eigenvalue weighted by Crippen LogP contribution is 2.18. The maximum atomic E-state index is 12.7. The van der Waals surface area contributed by atoms with Crippen LogP contribution in [0.15, 0.2) is 59.4 Å². The van der Waals surface area contributed by atoms with Crippen molar-refractivity contribution >= 4 is 34.0 Å². The van der Waals surface area contributed by atoms with Gasteiger partial charge in [-0.2, -0.15) is 0 Å². The average molecular weight is 340 g/mol. The first-order chi connectivity index (χ1) is 11.2. The number of benzene rings is 2. The summed E-state index contributed by atoms with van der Waals surface area (Å²) in [6.07, 6.45) is 1.79. The second-order valence-corrected chi connectivity index (χ2v) is 6.36. The summed E-state index contributed by atoms with van der Waals surface area (Å²) < 4.78 is 2.13. The van der Waals surface area contributed by atoms with E-state index in [2.05, 4.69) is 10.2 Å². The molecule has 0 fully saturated rings. The number of aromatic nitrogens is 3. The lowest BCUT2D eigenvalue weighted by molar-refractivity contribution is 1.09. The zero-order chi connectivity index (χ0) is 15.8. The molecular formula is C17H10ClN3OS. The number of halogens is 1. The summed E-state index contributed by atoms with van der Waals surface area (Å²) in [7, 11) is 0. The van der Waals surface area contributed by atoms with Gasteiger partial charge in [-0.15, -0.1) is 10.2 Å². The highest BCUT2D eigenvalue weighted by Gasteiger charge is 2.13. The van der Waals surface area contributed by atoms with E-state index >= 15 is 0 Å². The minimum atomic E-state index is -0.131. The molecule has 2 heterocycles. The minimum Gasteiger partial charge on any atom is -0.267 e. The first kappa shape index (κ1) is 14.1. The van der Waals surface area contributed by atoms with Gasteiger partial charge in [0, 0.05) is 10.6 Å². The summed E-state index contributed by atoms with van der Waals surface area (Å²) in [5.41, 5.74) is 1.54. The zero-order valence-electron chi connectivity index (χ0n) is 11.8. The molecule has 0 saturated carbocycles. The SMILES string of the molecule is O=c1/c(=C/c2ccccc2Cl)sc2nnc(-c3ccccc3)n12. The van der Waals surface area contributed by atoms with Gasteiger partial charge >= 0.3 is 0 Å². The lowest BCUT2D eigenvalue weighted by Crippen LogP contribution is -2.23. The van der Waals surface area contributed by atoms with E-state index in [4.69, 9.17) is 11.6 Å². The molecule has 0 atom stereocenters. The minimum absolute atomic E-state index is 0.131. The summed E-state index contributed by atoms with van der Waals surface area (Å²) in [5, 5.41) is 8.87. The van der Waals surface area contributed by atoms with Crippen LogP contribution in [0.3, 0.4) is 0 Å². The van der Waals surface area contributed by atoms with Crippen LogP contribution in [-0.2, 0) is 0 Å². The molecule has 0 aliphatic carbocycles. The summed E-state index contributed by atoms with van der Waals surface area (Å²) in [4.78, 5) is 13.3. The number of hydrogen-bond acceptors (Lipinski definition) is 4. The molecule has 4 rings (SSSR count). The second kappa shape index (κ2) is 5.61. The molecule has 0 saturated heterocycles. The Morgan fingerprint density at radius 3 is 2.52 bits per heavy atom. The molecule has 0 bridgehead atoms. The highest BCUT2D eigenvalue weighted by molar-refractivity contribution is 7.15. The highest BCUT2D eigenvalue weighted by atomic mass is 35.5. The van der Waals surface area contributed by atoms with Crippen molar-refractivity contribution in [3.8, 4) is 11.4 Å². The van der Waals surface area contributed by atoms with Gasteiger partial charge < -0.3 is 0 Å². The predicted molar refractivity (Wildman–Crippen MR) is 92.8 cm³/mol. The molecule has 2 aromatic heterocycles. The number of hydrogen-bond donors (Lipinski definition) is 0. The summed E-state index contributed by atoms with van der Waals surface area (Å²) in [5.74, 6) is 0.556. The van der Waals surface area contributed by atoms with Crippen molar-refractivity contribution in [1.82, 2.24) is 14.6 Å². The third-order valence-corrected chi connectivity index (χ3v) is 4.78. The molecule has 0 N–H and O–H groups in total. The Balaban J connectivity index is 1.96. The van der Waals surface area contributed by atoms with Gasteiger partial charge in [-0.3, -0.25) is 4.79 Å². The van der Waals surface area contributed by atoms with Crippen molar-refractivity contribution in [3.05, 3.63) is 80.1 Å². The van der Waals surface area contributed by atoms with Crippen LogP contribution in [0.1, 0.15) is 5.56 Å². The second-order valence-electron chi connectivity index (χ2n) is 4.94.